The maximum atomic E-state index is 11.7. The van der Waals surface area contributed by atoms with Crippen LogP contribution in [0.5, 0.6) is 0 Å². The van der Waals surface area contributed by atoms with Crippen LogP contribution in [-0.2, 0) is 4.74 Å². The topological polar surface area (TPSA) is 80.0 Å². The zero-order chi connectivity index (χ0) is 17.5. The summed E-state index contributed by atoms with van der Waals surface area (Å²) in [7, 11) is 0. The summed E-state index contributed by atoms with van der Waals surface area (Å²) < 4.78 is 5.02. The summed E-state index contributed by atoms with van der Waals surface area (Å²) in [5, 5.41) is 3.29. The number of nitrogens with one attached hydrogen (secondary N) is 1. The Balaban J connectivity index is 0.00000529. The Morgan fingerprint density at radius 1 is 1.38 bits per heavy atom. The highest BCUT2D eigenvalue weighted by molar-refractivity contribution is 14.0. The van der Waals surface area contributed by atoms with Crippen molar-refractivity contribution in [2.75, 3.05) is 26.2 Å². The Kier molecular flexibility index (Phi) is 10.7. The summed E-state index contributed by atoms with van der Waals surface area (Å²) in [4.78, 5) is 17.9. The molecule has 0 aromatic rings. The molecule has 0 atom stereocenters. The normalized spacial score (nSPS) is 16.8. The highest BCUT2D eigenvalue weighted by Crippen LogP contribution is 2.25. The zero-order valence-corrected chi connectivity index (χ0v) is 18.1. The third kappa shape index (κ3) is 8.94. The number of likely N-dealkylation sites (tertiary alicyclic amines) is 1. The molecular weight excluding hydrogens is 419 g/mol. The number of halogens is 1. The number of ether oxygens (including phenoxy) is 1. The minimum absolute atomic E-state index is 0. The van der Waals surface area contributed by atoms with Crippen LogP contribution in [0.25, 0.3) is 0 Å². The van der Waals surface area contributed by atoms with Gasteiger partial charge in [0.15, 0.2) is 5.96 Å². The van der Waals surface area contributed by atoms with E-state index < -0.39 is 0 Å². The molecule has 1 saturated heterocycles. The fourth-order valence-electron chi connectivity index (χ4n) is 3.14. The van der Waals surface area contributed by atoms with E-state index in [9.17, 15) is 4.79 Å². The van der Waals surface area contributed by atoms with E-state index in [1.165, 1.54) is 0 Å². The molecule has 24 heavy (non-hydrogen) atoms. The van der Waals surface area contributed by atoms with E-state index in [2.05, 4.69) is 38.0 Å². The van der Waals surface area contributed by atoms with Crippen molar-refractivity contribution in [3.05, 3.63) is 0 Å². The van der Waals surface area contributed by atoms with E-state index in [0.29, 0.717) is 31.6 Å². The molecule has 7 heteroatoms. The molecule has 0 bridgehead atoms. The highest BCUT2D eigenvalue weighted by Gasteiger charge is 2.24. The van der Waals surface area contributed by atoms with Crippen molar-refractivity contribution in [1.82, 2.24) is 10.2 Å². The molecule has 0 spiro atoms. The van der Waals surface area contributed by atoms with E-state index in [4.69, 9.17) is 10.5 Å². The van der Waals surface area contributed by atoms with Crippen LogP contribution < -0.4 is 11.1 Å². The first-order valence-electron chi connectivity index (χ1n) is 8.71. The quantitative estimate of drug-likeness (QED) is 0.367. The molecule has 1 rings (SSSR count). The number of carbonyl (C=O) groups excluding carboxylic acids is 1. The minimum atomic E-state index is -0.219. The number of amides is 1. The fraction of sp³-hybridized carbons (Fsp3) is 0.882. The average molecular weight is 454 g/mol. The van der Waals surface area contributed by atoms with Gasteiger partial charge >= 0.3 is 6.09 Å². The number of hydrogen-bond acceptors (Lipinski definition) is 3. The number of nitrogens with zero attached hydrogens (tertiary/aromatic N) is 2. The summed E-state index contributed by atoms with van der Waals surface area (Å²) >= 11 is 0. The average Bonchev–Trinajstić information content (AvgIpc) is 2.45. The molecular formula is C17H35IN4O2. The van der Waals surface area contributed by atoms with Crippen molar-refractivity contribution in [2.45, 2.75) is 59.9 Å². The summed E-state index contributed by atoms with van der Waals surface area (Å²) in [5.41, 5.74) is 6.18. The third-order valence-electron chi connectivity index (χ3n) is 4.01. The summed E-state index contributed by atoms with van der Waals surface area (Å²) in [5.74, 6) is 1.16. The summed E-state index contributed by atoms with van der Waals surface area (Å²) in [6, 6.07) is 0.276. The molecule has 1 fully saturated rings. The Morgan fingerprint density at radius 2 is 1.96 bits per heavy atom. The lowest BCUT2D eigenvalue weighted by Gasteiger charge is -2.32. The van der Waals surface area contributed by atoms with Gasteiger partial charge in [-0.1, -0.05) is 27.7 Å². The summed E-state index contributed by atoms with van der Waals surface area (Å²) in [6.07, 6.45) is 2.64. The zero-order valence-electron chi connectivity index (χ0n) is 15.8. The second-order valence-corrected chi connectivity index (χ2v) is 7.57. The molecule has 142 valence electrons. The molecule has 0 radical (unpaired) electrons. The summed E-state index contributed by atoms with van der Waals surface area (Å²) in [6.45, 7) is 13.3. The SMILES string of the molecule is CCOC(=O)N1CCC(NC(N)=NCC(C)(C)CC(C)C)CC1.I. The van der Waals surface area contributed by atoms with E-state index >= 15 is 0 Å². The monoisotopic (exact) mass is 454 g/mol. The van der Waals surface area contributed by atoms with Gasteiger partial charge < -0.3 is 20.7 Å². The minimum Gasteiger partial charge on any atom is -0.450 e. The molecule has 6 nitrogen and oxygen atoms in total. The number of piperidine rings is 1. The van der Waals surface area contributed by atoms with Gasteiger partial charge in [-0.15, -0.1) is 24.0 Å². The van der Waals surface area contributed by atoms with Gasteiger partial charge in [0.05, 0.1) is 6.61 Å². The largest absolute Gasteiger partial charge is 0.450 e. The number of rotatable bonds is 6. The number of nitrogens with two attached hydrogens (primary N) is 1. The van der Waals surface area contributed by atoms with Crippen molar-refractivity contribution in [3.63, 3.8) is 0 Å². The molecule has 0 aromatic carbocycles. The maximum absolute atomic E-state index is 11.7. The Morgan fingerprint density at radius 3 is 2.46 bits per heavy atom. The molecule has 0 aromatic heterocycles. The van der Waals surface area contributed by atoms with Crippen molar-refractivity contribution in [1.29, 1.82) is 0 Å². The lowest BCUT2D eigenvalue weighted by atomic mass is 9.84. The van der Waals surface area contributed by atoms with Gasteiger partial charge in [0.25, 0.3) is 0 Å². The molecule has 0 aliphatic carbocycles. The van der Waals surface area contributed by atoms with Gasteiger partial charge in [-0.25, -0.2) is 4.79 Å². The maximum Gasteiger partial charge on any atom is 0.409 e. The Bertz CT molecular complexity index is 405. The van der Waals surface area contributed by atoms with Crippen molar-refractivity contribution in [3.8, 4) is 0 Å². The fourth-order valence-corrected chi connectivity index (χ4v) is 3.14. The highest BCUT2D eigenvalue weighted by atomic mass is 127. The van der Waals surface area contributed by atoms with Gasteiger partial charge in [0.2, 0.25) is 0 Å². The van der Waals surface area contributed by atoms with Gasteiger partial charge in [0, 0.05) is 25.7 Å². The number of carbonyl (C=O) groups is 1. The van der Waals surface area contributed by atoms with Crippen LogP contribution in [-0.4, -0.2) is 49.2 Å². The van der Waals surface area contributed by atoms with Crippen LogP contribution in [0.15, 0.2) is 4.99 Å². The first-order chi connectivity index (χ1) is 10.7. The second-order valence-electron chi connectivity index (χ2n) is 7.57. The number of guanidine groups is 1. The first kappa shape index (κ1) is 23.3. The van der Waals surface area contributed by atoms with Crippen LogP contribution in [0, 0.1) is 11.3 Å². The van der Waals surface area contributed by atoms with Gasteiger partial charge in [-0.2, -0.15) is 0 Å². The lowest BCUT2D eigenvalue weighted by Crippen LogP contribution is -2.48. The number of aliphatic imine (C=N–C) groups is 1. The van der Waals surface area contributed by atoms with Crippen LogP contribution in [0.1, 0.15) is 53.9 Å². The second kappa shape index (κ2) is 11.0. The third-order valence-corrected chi connectivity index (χ3v) is 4.01. The molecule has 0 saturated carbocycles. The van der Waals surface area contributed by atoms with Crippen LogP contribution >= 0.6 is 24.0 Å². The smallest absolute Gasteiger partial charge is 0.409 e. The predicted octanol–water partition coefficient (Wildman–Crippen LogP) is 3.20. The molecule has 1 heterocycles. The number of hydrogen-bond donors (Lipinski definition) is 2. The van der Waals surface area contributed by atoms with E-state index in [1.807, 2.05) is 6.92 Å². The van der Waals surface area contributed by atoms with Crippen molar-refractivity contribution in [2.24, 2.45) is 22.1 Å². The van der Waals surface area contributed by atoms with Crippen molar-refractivity contribution < 1.29 is 9.53 Å². The van der Waals surface area contributed by atoms with Gasteiger partial charge in [-0.05, 0) is 37.5 Å². The molecule has 1 amide bonds. The van der Waals surface area contributed by atoms with E-state index in [0.717, 1.165) is 25.8 Å². The van der Waals surface area contributed by atoms with E-state index in [1.54, 1.807) is 4.90 Å². The Labute approximate surface area is 164 Å². The van der Waals surface area contributed by atoms with E-state index in [-0.39, 0.29) is 41.5 Å². The molecule has 0 unspecified atom stereocenters. The van der Waals surface area contributed by atoms with Crippen LogP contribution in [0.4, 0.5) is 4.79 Å². The predicted molar refractivity (Wildman–Crippen MR) is 110 cm³/mol. The van der Waals surface area contributed by atoms with Gasteiger partial charge in [0.1, 0.15) is 0 Å². The Hall–Kier alpha value is -0.730. The molecule has 1 aliphatic rings. The molecule has 1 aliphatic heterocycles. The van der Waals surface area contributed by atoms with Crippen LogP contribution in [0.3, 0.4) is 0 Å². The molecule has 3 N–H and O–H groups in total. The first-order valence-corrected chi connectivity index (χ1v) is 8.71. The lowest BCUT2D eigenvalue weighted by molar-refractivity contribution is 0.0963. The standard InChI is InChI=1S/C17H34N4O2.HI/c1-6-23-16(22)21-9-7-14(8-10-21)20-15(18)19-12-17(4,5)11-13(2)3;/h13-14H,6-12H2,1-5H3,(H3,18,19,20);1H. The van der Waals surface area contributed by atoms with Crippen LogP contribution in [0.2, 0.25) is 0 Å². The van der Waals surface area contributed by atoms with Crippen molar-refractivity contribution >= 4 is 36.0 Å². The van der Waals surface area contributed by atoms with Gasteiger partial charge in [-0.3, -0.25) is 4.99 Å².